The molecule has 2 N–H and O–H groups in total. The Kier molecular flexibility index (Phi) is 8.63. The van der Waals surface area contributed by atoms with Crippen LogP contribution in [0.3, 0.4) is 0 Å². The molecule has 0 radical (unpaired) electrons. The highest BCUT2D eigenvalue weighted by Gasteiger charge is 2.21. The Bertz CT molecular complexity index is 1130. The van der Waals surface area contributed by atoms with Gasteiger partial charge in [-0.25, -0.2) is 4.98 Å². The summed E-state index contributed by atoms with van der Waals surface area (Å²) in [6.07, 6.45) is -0.591. The molecule has 0 spiro atoms. The zero-order valence-electron chi connectivity index (χ0n) is 19.0. The summed E-state index contributed by atoms with van der Waals surface area (Å²) in [4.78, 5) is 21.1. The molecule has 1 saturated heterocycles. The lowest BCUT2D eigenvalue weighted by Crippen LogP contribution is -2.51. The quantitative estimate of drug-likeness (QED) is 0.447. The number of aryl methyl sites for hydroxylation is 1. The van der Waals surface area contributed by atoms with Crippen LogP contribution in [0.25, 0.3) is 10.2 Å². The Morgan fingerprint density at radius 2 is 1.94 bits per heavy atom. The van der Waals surface area contributed by atoms with Crippen molar-refractivity contribution in [1.29, 1.82) is 0 Å². The molecular formula is C24H28Cl2N4O3S. The van der Waals surface area contributed by atoms with E-state index in [4.69, 9.17) is 27.9 Å². The van der Waals surface area contributed by atoms with Crippen molar-refractivity contribution < 1.29 is 14.6 Å². The van der Waals surface area contributed by atoms with Gasteiger partial charge in [-0.2, -0.15) is 0 Å². The third-order valence-electron chi connectivity index (χ3n) is 5.70. The van der Waals surface area contributed by atoms with Crippen molar-refractivity contribution in [3.8, 4) is 5.75 Å². The van der Waals surface area contributed by atoms with E-state index in [2.05, 4.69) is 20.1 Å². The summed E-state index contributed by atoms with van der Waals surface area (Å²) in [5.74, 6) is 0.674. The van der Waals surface area contributed by atoms with Crippen molar-refractivity contribution in [1.82, 2.24) is 20.1 Å². The van der Waals surface area contributed by atoms with E-state index in [0.717, 1.165) is 47.0 Å². The summed E-state index contributed by atoms with van der Waals surface area (Å²) in [6.45, 7) is 6.56. The largest absolute Gasteiger partial charge is 0.491 e. The van der Waals surface area contributed by atoms with Crippen molar-refractivity contribution in [2.45, 2.75) is 19.6 Å². The van der Waals surface area contributed by atoms with E-state index in [1.54, 1.807) is 23.5 Å². The number of hydrogen-bond acceptors (Lipinski definition) is 7. The summed E-state index contributed by atoms with van der Waals surface area (Å²) in [5.41, 5.74) is 1.76. The molecule has 1 aromatic heterocycles. The molecule has 182 valence electrons. The summed E-state index contributed by atoms with van der Waals surface area (Å²) >= 11 is 13.7. The molecule has 7 nitrogen and oxygen atoms in total. The summed E-state index contributed by atoms with van der Waals surface area (Å²) in [7, 11) is 0. The summed E-state index contributed by atoms with van der Waals surface area (Å²) in [6, 6.07) is 11.1. The fourth-order valence-electron chi connectivity index (χ4n) is 3.90. The monoisotopic (exact) mass is 522 g/mol. The van der Waals surface area contributed by atoms with Crippen LogP contribution in [0.1, 0.15) is 10.6 Å². The molecule has 3 aromatic rings. The molecular weight excluding hydrogens is 495 g/mol. The first kappa shape index (κ1) is 25.2. The Morgan fingerprint density at radius 1 is 1.18 bits per heavy atom. The van der Waals surface area contributed by atoms with Crippen molar-refractivity contribution in [2.75, 3.05) is 45.9 Å². The highest BCUT2D eigenvalue weighted by Crippen LogP contribution is 2.25. The number of carbonyl (C=O) groups excluding carboxylic acids is 1. The topological polar surface area (TPSA) is 77.9 Å². The minimum Gasteiger partial charge on any atom is -0.491 e. The van der Waals surface area contributed by atoms with Crippen LogP contribution in [-0.2, 0) is 11.3 Å². The fraction of sp³-hybridized carbons (Fsp3) is 0.417. The van der Waals surface area contributed by atoms with E-state index in [1.165, 1.54) is 0 Å². The molecule has 0 aliphatic carbocycles. The van der Waals surface area contributed by atoms with Crippen LogP contribution in [0.4, 0.5) is 0 Å². The number of β-amino-alcohol motifs (C(OH)–C–C–N with tert-alkyl or cyclic N) is 1. The van der Waals surface area contributed by atoms with Gasteiger partial charge >= 0.3 is 0 Å². The molecule has 34 heavy (non-hydrogen) atoms. The smallest absolute Gasteiger partial charge is 0.234 e. The van der Waals surface area contributed by atoms with E-state index in [1.807, 2.05) is 31.2 Å². The second kappa shape index (κ2) is 11.7. The van der Waals surface area contributed by atoms with Crippen LogP contribution < -0.4 is 10.1 Å². The van der Waals surface area contributed by atoms with Gasteiger partial charge in [0.25, 0.3) is 0 Å². The first-order valence-electron chi connectivity index (χ1n) is 11.2. The van der Waals surface area contributed by atoms with Crippen molar-refractivity contribution in [2.24, 2.45) is 0 Å². The van der Waals surface area contributed by atoms with Crippen LogP contribution >= 0.6 is 34.5 Å². The van der Waals surface area contributed by atoms with Gasteiger partial charge in [0.15, 0.2) is 0 Å². The van der Waals surface area contributed by atoms with Gasteiger partial charge in [-0.15, -0.1) is 11.3 Å². The molecule has 0 saturated carbocycles. The molecule has 4 rings (SSSR count). The number of nitrogens with zero attached hydrogens (tertiary/aromatic N) is 3. The molecule has 0 bridgehead atoms. The number of halogens is 2. The Hall–Kier alpha value is -1.94. The van der Waals surface area contributed by atoms with E-state index in [0.29, 0.717) is 35.4 Å². The lowest BCUT2D eigenvalue weighted by Gasteiger charge is -2.35. The highest BCUT2D eigenvalue weighted by molar-refractivity contribution is 7.18. The molecule has 2 aromatic carbocycles. The van der Waals surface area contributed by atoms with Crippen LogP contribution in [0.2, 0.25) is 10.0 Å². The molecule has 1 unspecified atom stereocenters. The maximum atomic E-state index is 12.3. The maximum absolute atomic E-state index is 12.3. The van der Waals surface area contributed by atoms with Gasteiger partial charge in [0, 0.05) is 55.4 Å². The number of piperazine rings is 1. The van der Waals surface area contributed by atoms with E-state index in [9.17, 15) is 9.90 Å². The van der Waals surface area contributed by atoms with Gasteiger partial charge in [0.2, 0.25) is 5.91 Å². The first-order valence-corrected chi connectivity index (χ1v) is 12.8. The normalized spacial score (nSPS) is 16.0. The minimum absolute atomic E-state index is 0.0415. The SMILES string of the molecule is Cc1nc2cc(OCC(O)CN3CCN(CC(=O)NCc4ccc(Cl)cc4Cl)CC3)ccc2s1. The Labute approximate surface area is 213 Å². The second-order valence-electron chi connectivity index (χ2n) is 8.42. The van der Waals surface area contributed by atoms with Crippen LogP contribution in [0.5, 0.6) is 5.75 Å². The molecule has 10 heteroatoms. The number of nitrogens with one attached hydrogen (secondary N) is 1. The molecule has 2 heterocycles. The number of aromatic nitrogens is 1. The molecule has 1 atom stereocenters. The van der Waals surface area contributed by atoms with Gasteiger partial charge in [-0.3, -0.25) is 14.6 Å². The van der Waals surface area contributed by atoms with Gasteiger partial charge < -0.3 is 15.2 Å². The second-order valence-corrected chi connectivity index (χ2v) is 10.5. The number of benzene rings is 2. The Morgan fingerprint density at radius 3 is 2.71 bits per heavy atom. The highest BCUT2D eigenvalue weighted by atomic mass is 35.5. The number of hydrogen-bond donors (Lipinski definition) is 2. The van der Waals surface area contributed by atoms with E-state index in [-0.39, 0.29) is 12.5 Å². The Balaban J connectivity index is 1.14. The number of fused-ring (bicyclic) bond motifs is 1. The van der Waals surface area contributed by atoms with Gasteiger partial charge in [0.05, 0.1) is 21.8 Å². The predicted octanol–water partition coefficient (Wildman–Crippen LogP) is 3.59. The molecule has 1 aliphatic rings. The van der Waals surface area contributed by atoms with Crippen LogP contribution in [-0.4, -0.2) is 77.8 Å². The predicted molar refractivity (Wildman–Crippen MR) is 137 cm³/mol. The van der Waals surface area contributed by atoms with Crippen molar-refractivity contribution >= 4 is 50.7 Å². The first-order chi connectivity index (χ1) is 16.4. The molecule has 1 fully saturated rings. The maximum Gasteiger partial charge on any atom is 0.234 e. The number of ether oxygens (including phenoxy) is 1. The third-order valence-corrected chi connectivity index (χ3v) is 7.24. The summed E-state index contributed by atoms with van der Waals surface area (Å²) in [5, 5.41) is 15.5. The minimum atomic E-state index is -0.591. The van der Waals surface area contributed by atoms with Crippen molar-refractivity contribution in [3.63, 3.8) is 0 Å². The summed E-state index contributed by atoms with van der Waals surface area (Å²) < 4.78 is 6.92. The number of thiazole rings is 1. The van der Waals surface area contributed by atoms with E-state index >= 15 is 0 Å². The number of aliphatic hydroxyl groups excluding tert-OH is 1. The lowest BCUT2D eigenvalue weighted by molar-refractivity contribution is -0.122. The number of carbonyl (C=O) groups is 1. The zero-order chi connectivity index (χ0) is 24.1. The average molecular weight is 523 g/mol. The third kappa shape index (κ3) is 7.04. The van der Waals surface area contributed by atoms with Crippen LogP contribution in [0.15, 0.2) is 36.4 Å². The fourth-order valence-corrected chi connectivity index (χ4v) is 5.19. The molecule has 1 aliphatic heterocycles. The number of aliphatic hydroxyl groups is 1. The zero-order valence-corrected chi connectivity index (χ0v) is 21.3. The lowest BCUT2D eigenvalue weighted by atomic mass is 10.2. The van der Waals surface area contributed by atoms with E-state index < -0.39 is 6.10 Å². The molecule has 1 amide bonds. The standard InChI is InChI=1S/C24H28Cl2N4O3S/c1-16-28-22-11-20(4-5-23(22)34-16)33-15-19(31)13-29-6-8-30(9-7-29)14-24(32)27-12-17-2-3-18(25)10-21(17)26/h2-5,10-11,19,31H,6-9,12-15H2,1H3,(H,27,32). The number of rotatable bonds is 9. The average Bonchev–Trinajstić information content (AvgIpc) is 3.17. The van der Waals surface area contributed by atoms with Gasteiger partial charge in [-0.1, -0.05) is 29.3 Å². The van der Waals surface area contributed by atoms with Crippen molar-refractivity contribution in [3.05, 3.63) is 57.0 Å². The van der Waals surface area contributed by atoms with Gasteiger partial charge in [-0.05, 0) is 36.8 Å². The number of amides is 1. The van der Waals surface area contributed by atoms with Gasteiger partial charge in [0.1, 0.15) is 18.5 Å². The van der Waals surface area contributed by atoms with Crippen LogP contribution in [0, 0.1) is 6.92 Å².